The molecule has 3 rings (SSSR count). The number of carboxylic acid groups (broad SMARTS) is 1. The maximum Gasteiger partial charge on any atom is 0.354 e. The van der Waals surface area contributed by atoms with Crippen molar-refractivity contribution in [1.82, 2.24) is 14.1 Å². The molecule has 3 aromatic rings. The standard InChI is InChI=1S/C16H17N3O2/c1-3-7-19-9-6-11-14(19)10-12(16(20)21)17-15(11)13-5-4-8-18(13)2/h4-6,8-10H,3,7H2,1-2H3,(H,20,21). The third-order valence-corrected chi connectivity index (χ3v) is 3.64. The van der Waals surface area contributed by atoms with Gasteiger partial charge in [-0.15, -0.1) is 0 Å². The Balaban J connectivity index is 2.32. The monoisotopic (exact) mass is 283 g/mol. The molecule has 0 saturated heterocycles. The third kappa shape index (κ3) is 2.20. The summed E-state index contributed by atoms with van der Waals surface area (Å²) < 4.78 is 4.03. The zero-order valence-electron chi connectivity index (χ0n) is 12.1. The average Bonchev–Trinajstić information content (AvgIpc) is 3.05. The van der Waals surface area contributed by atoms with Crippen molar-refractivity contribution in [3.8, 4) is 11.4 Å². The number of aryl methyl sites for hydroxylation is 2. The van der Waals surface area contributed by atoms with E-state index in [9.17, 15) is 9.90 Å². The SMILES string of the molecule is CCCn1ccc2c(-c3cccn3C)nc(C(=O)O)cc21. The highest BCUT2D eigenvalue weighted by molar-refractivity contribution is 5.98. The highest BCUT2D eigenvalue weighted by atomic mass is 16.4. The fraction of sp³-hybridized carbons (Fsp3) is 0.250. The Morgan fingerprint density at radius 1 is 1.33 bits per heavy atom. The van der Waals surface area contributed by atoms with Crippen LogP contribution in [0.5, 0.6) is 0 Å². The summed E-state index contributed by atoms with van der Waals surface area (Å²) in [4.78, 5) is 15.7. The van der Waals surface area contributed by atoms with Gasteiger partial charge >= 0.3 is 5.97 Å². The summed E-state index contributed by atoms with van der Waals surface area (Å²) in [6.07, 6.45) is 4.92. The molecule has 0 aromatic carbocycles. The quantitative estimate of drug-likeness (QED) is 0.800. The van der Waals surface area contributed by atoms with Crippen molar-refractivity contribution in [2.75, 3.05) is 0 Å². The van der Waals surface area contributed by atoms with E-state index in [-0.39, 0.29) is 5.69 Å². The van der Waals surface area contributed by atoms with Crippen LogP contribution >= 0.6 is 0 Å². The number of hydrogen-bond acceptors (Lipinski definition) is 2. The Labute approximate surface area is 122 Å². The molecule has 5 nitrogen and oxygen atoms in total. The van der Waals surface area contributed by atoms with Gasteiger partial charge in [0.1, 0.15) is 0 Å². The Morgan fingerprint density at radius 2 is 2.14 bits per heavy atom. The van der Waals surface area contributed by atoms with Crippen LogP contribution in [-0.2, 0) is 13.6 Å². The number of aromatic carboxylic acids is 1. The Kier molecular flexibility index (Phi) is 3.25. The van der Waals surface area contributed by atoms with Gasteiger partial charge in [-0.2, -0.15) is 0 Å². The zero-order chi connectivity index (χ0) is 15.0. The van der Waals surface area contributed by atoms with E-state index in [0.717, 1.165) is 29.6 Å². The lowest BCUT2D eigenvalue weighted by atomic mass is 10.1. The lowest BCUT2D eigenvalue weighted by molar-refractivity contribution is 0.0691. The molecule has 0 amide bonds. The highest BCUT2D eigenvalue weighted by Gasteiger charge is 2.16. The van der Waals surface area contributed by atoms with E-state index >= 15 is 0 Å². The number of fused-ring (bicyclic) bond motifs is 1. The fourth-order valence-electron chi connectivity index (χ4n) is 2.64. The predicted octanol–water partition coefficient (Wildman–Crippen LogP) is 3.15. The minimum Gasteiger partial charge on any atom is -0.477 e. The van der Waals surface area contributed by atoms with Gasteiger partial charge in [0.15, 0.2) is 5.69 Å². The summed E-state index contributed by atoms with van der Waals surface area (Å²) >= 11 is 0. The molecule has 108 valence electrons. The van der Waals surface area contributed by atoms with Crippen LogP contribution in [0.4, 0.5) is 0 Å². The van der Waals surface area contributed by atoms with E-state index in [0.29, 0.717) is 5.69 Å². The number of nitrogens with zero attached hydrogens (tertiary/aromatic N) is 3. The van der Waals surface area contributed by atoms with Gasteiger partial charge in [-0.1, -0.05) is 6.92 Å². The van der Waals surface area contributed by atoms with Gasteiger partial charge in [0.05, 0.1) is 16.9 Å². The largest absolute Gasteiger partial charge is 0.477 e. The van der Waals surface area contributed by atoms with E-state index in [4.69, 9.17) is 0 Å². The Bertz CT molecular complexity index is 814. The molecule has 3 heterocycles. The van der Waals surface area contributed by atoms with Crippen LogP contribution in [0.1, 0.15) is 23.8 Å². The second-order valence-electron chi connectivity index (χ2n) is 5.11. The fourth-order valence-corrected chi connectivity index (χ4v) is 2.64. The first-order chi connectivity index (χ1) is 10.1. The first kappa shape index (κ1) is 13.4. The van der Waals surface area contributed by atoms with Crippen LogP contribution in [0.2, 0.25) is 0 Å². The van der Waals surface area contributed by atoms with Gasteiger partial charge in [0.2, 0.25) is 0 Å². The van der Waals surface area contributed by atoms with E-state index < -0.39 is 5.97 Å². The molecule has 0 radical (unpaired) electrons. The summed E-state index contributed by atoms with van der Waals surface area (Å²) in [6.45, 7) is 2.96. The molecule has 0 aliphatic heterocycles. The van der Waals surface area contributed by atoms with Crippen LogP contribution in [0.15, 0.2) is 36.7 Å². The smallest absolute Gasteiger partial charge is 0.354 e. The zero-order valence-corrected chi connectivity index (χ0v) is 12.1. The lowest BCUT2D eigenvalue weighted by Crippen LogP contribution is -2.04. The van der Waals surface area contributed by atoms with E-state index in [1.807, 2.05) is 42.2 Å². The van der Waals surface area contributed by atoms with Crippen LogP contribution in [0, 0.1) is 0 Å². The van der Waals surface area contributed by atoms with Crippen molar-refractivity contribution in [3.05, 3.63) is 42.4 Å². The molecule has 0 spiro atoms. The molecule has 0 aliphatic rings. The van der Waals surface area contributed by atoms with Gasteiger partial charge < -0.3 is 14.2 Å². The summed E-state index contributed by atoms with van der Waals surface area (Å²) in [5.74, 6) is -1.00. The second-order valence-corrected chi connectivity index (χ2v) is 5.11. The number of aromatic nitrogens is 3. The van der Waals surface area contributed by atoms with Gasteiger partial charge in [0.25, 0.3) is 0 Å². The molecule has 0 atom stereocenters. The topological polar surface area (TPSA) is 60.0 Å². The Morgan fingerprint density at radius 3 is 2.76 bits per heavy atom. The molecule has 5 heteroatoms. The predicted molar refractivity (Wildman–Crippen MR) is 81.4 cm³/mol. The van der Waals surface area contributed by atoms with E-state index in [1.165, 1.54) is 0 Å². The number of hydrogen-bond donors (Lipinski definition) is 1. The van der Waals surface area contributed by atoms with Gasteiger partial charge in [0, 0.05) is 31.4 Å². The number of rotatable bonds is 4. The molecule has 3 aromatic heterocycles. The van der Waals surface area contributed by atoms with E-state index in [2.05, 4.69) is 16.5 Å². The molecule has 0 saturated carbocycles. The first-order valence-corrected chi connectivity index (χ1v) is 6.96. The van der Waals surface area contributed by atoms with Gasteiger partial charge in [-0.05, 0) is 30.7 Å². The van der Waals surface area contributed by atoms with Crippen molar-refractivity contribution >= 4 is 16.9 Å². The second kappa shape index (κ2) is 5.09. The maximum atomic E-state index is 11.4. The minimum atomic E-state index is -1.00. The normalized spacial score (nSPS) is 11.1. The van der Waals surface area contributed by atoms with Crippen LogP contribution in [-0.4, -0.2) is 25.2 Å². The summed E-state index contributed by atoms with van der Waals surface area (Å²) in [5.41, 5.74) is 2.62. The van der Waals surface area contributed by atoms with Gasteiger partial charge in [-0.3, -0.25) is 0 Å². The Hall–Kier alpha value is -2.56. The third-order valence-electron chi connectivity index (χ3n) is 3.64. The van der Waals surface area contributed by atoms with Crippen molar-refractivity contribution in [2.45, 2.75) is 19.9 Å². The highest BCUT2D eigenvalue weighted by Crippen LogP contribution is 2.28. The minimum absolute atomic E-state index is 0.0785. The molecule has 0 fully saturated rings. The average molecular weight is 283 g/mol. The maximum absolute atomic E-state index is 11.4. The van der Waals surface area contributed by atoms with Crippen LogP contribution in [0.25, 0.3) is 22.3 Å². The summed E-state index contributed by atoms with van der Waals surface area (Å²) in [5, 5.41) is 10.3. The lowest BCUT2D eigenvalue weighted by Gasteiger charge is -2.08. The van der Waals surface area contributed by atoms with Gasteiger partial charge in [-0.25, -0.2) is 9.78 Å². The number of pyridine rings is 1. The first-order valence-electron chi connectivity index (χ1n) is 6.96. The number of carboxylic acids is 1. The number of carbonyl (C=O) groups is 1. The van der Waals surface area contributed by atoms with Crippen LogP contribution in [0.3, 0.4) is 0 Å². The molecule has 0 bridgehead atoms. The van der Waals surface area contributed by atoms with Crippen molar-refractivity contribution in [3.63, 3.8) is 0 Å². The molecular weight excluding hydrogens is 266 g/mol. The molecule has 1 N–H and O–H groups in total. The summed E-state index contributed by atoms with van der Waals surface area (Å²) in [6, 6.07) is 7.54. The molecular formula is C16H17N3O2. The molecule has 0 unspecified atom stereocenters. The van der Waals surface area contributed by atoms with Crippen LogP contribution < -0.4 is 0 Å². The van der Waals surface area contributed by atoms with E-state index in [1.54, 1.807) is 6.07 Å². The van der Waals surface area contributed by atoms with Crippen molar-refractivity contribution in [1.29, 1.82) is 0 Å². The van der Waals surface area contributed by atoms with Crippen molar-refractivity contribution < 1.29 is 9.90 Å². The molecule has 21 heavy (non-hydrogen) atoms. The summed E-state index contributed by atoms with van der Waals surface area (Å²) in [7, 11) is 1.93. The molecule has 0 aliphatic carbocycles. The van der Waals surface area contributed by atoms with Crippen molar-refractivity contribution in [2.24, 2.45) is 7.05 Å².